The van der Waals surface area contributed by atoms with Crippen LogP contribution in [0.3, 0.4) is 0 Å². The van der Waals surface area contributed by atoms with Gasteiger partial charge in [-0.05, 0) is 68.9 Å². The summed E-state index contributed by atoms with van der Waals surface area (Å²) in [5.41, 5.74) is 2.25. The highest BCUT2D eigenvalue weighted by Crippen LogP contribution is 2.59. The highest BCUT2D eigenvalue weighted by atomic mass is 16.3. The zero-order valence-electron chi connectivity index (χ0n) is 15.4. The van der Waals surface area contributed by atoms with Crippen molar-refractivity contribution in [3.63, 3.8) is 0 Å². The lowest BCUT2D eigenvalue weighted by molar-refractivity contribution is -0.0968. The smallest absolute Gasteiger partial charge is 0.0733 e. The maximum atomic E-state index is 11.1. The minimum Gasteiger partial charge on any atom is -0.396 e. The highest BCUT2D eigenvalue weighted by Gasteiger charge is 2.58. The van der Waals surface area contributed by atoms with Gasteiger partial charge in [-0.15, -0.1) is 0 Å². The number of aliphatic hydroxyl groups is 4. The molecule has 0 amide bonds. The summed E-state index contributed by atoms with van der Waals surface area (Å²) >= 11 is 0. The maximum Gasteiger partial charge on any atom is 0.0733 e. The van der Waals surface area contributed by atoms with Crippen molar-refractivity contribution in [2.45, 2.75) is 76.6 Å². The summed E-state index contributed by atoms with van der Waals surface area (Å²) in [6, 6.07) is 0. The van der Waals surface area contributed by atoms with E-state index in [4.69, 9.17) is 0 Å². The van der Waals surface area contributed by atoms with Crippen LogP contribution in [0.1, 0.15) is 58.8 Å². The molecule has 0 aromatic heterocycles. The van der Waals surface area contributed by atoms with Crippen LogP contribution < -0.4 is 0 Å². The summed E-state index contributed by atoms with van der Waals surface area (Å²) in [6.07, 6.45) is 10.1. The van der Waals surface area contributed by atoms with Gasteiger partial charge in [0.1, 0.15) is 0 Å². The third-order valence-corrected chi connectivity index (χ3v) is 6.96. The van der Waals surface area contributed by atoms with E-state index >= 15 is 0 Å². The van der Waals surface area contributed by atoms with Crippen LogP contribution in [0, 0.1) is 11.3 Å². The van der Waals surface area contributed by atoms with E-state index in [9.17, 15) is 20.4 Å². The Bertz CT molecular complexity index is 605. The summed E-state index contributed by atoms with van der Waals surface area (Å²) in [5.74, 6) is 0.193. The van der Waals surface area contributed by atoms with Crippen LogP contribution in [0.15, 0.2) is 34.9 Å². The van der Waals surface area contributed by atoms with Gasteiger partial charge in [0, 0.05) is 12.0 Å². The lowest BCUT2D eigenvalue weighted by atomic mass is 9.61. The number of hydrogen-bond donors (Lipinski definition) is 4. The predicted molar refractivity (Wildman–Crippen MR) is 97.9 cm³/mol. The molecule has 25 heavy (non-hydrogen) atoms. The van der Waals surface area contributed by atoms with E-state index in [2.05, 4.69) is 26.0 Å². The van der Waals surface area contributed by atoms with Crippen molar-refractivity contribution in [1.29, 1.82) is 0 Å². The molecule has 0 aromatic rings. The maximum absolute atomic E-state index is 11.1. The van der Waals surface area contributed by atoms with Crippen LogP contribution in [-0.2, 0) is 0 Å². The molecule has 0 aromatic carbocycles. The van der Waals surface area contributed by atoms with E-state index in [0.29, 0.717) is 25.7 Å². The Kier molecular flexibility index (Phi) is 5.27. The predicted octanol–water partition coefficient (Wildman–Crippen LogP) is 2.62. The van der Waals surface area contributed by atoms with E-state index in [0.717, 1.165) is 24.8 Å². The number of fused-ring (bicyclic) bond motifs is 1. The second kappa shape index (κ2) is 6.99. The van der Waals surface area contributed by atoms with Crippen molar-refractivity contribution in [2.24, 2.45) is 11.3 Å². The first-order chi connectivity index (χ1) is 11.8. The molecule has 5 atom stereocenters. The van der Waals surface area contributed by atoms with E-state index in [1.54, 1.807) is 0 Å². The number of aliphatic hydroxyl groups excluding tert-OH is 3. The molecule has 140 valence electrons. The minimum absolute atomic E-state index is 0.0340. The fourth-order valence-corrected chi connectivity index (χ4v) is 5.26. The average molecular weight is 348 g/mol. The number of rotatable bonds is 4. The largest absolute Gasteiger partial charge is 0.396 e. The van der Waals surface area contributed by atoms with Gasteiger partial charge in [0.2, 0.25) is 0 Å². The Morgan fingerprint density at radius 2 is 2.00 bits per heavy atom. The molecular formula is C21H32O4. The van der Waals surface area contributed by atoms with Gasteiger partial charge in [-0.2, -0.15) is 0 Å². The number of allylic oxidation sites excluding steroid dienone is 4. The van der Waals surface area contributed by atoms with Gasteiger partial charge >= 0.3 is 0 Å². The summed E-state index contributed by atoms with van der Waals surface area (Å²) in [7, 11) is 0. The van der Waals surface area contributed by atoms with Gasteiger partial charge in [-0.3, -0.25) is 0 Å². The van der Waals surface area contributed by atoms with E-state index in [1.165, 1.54) is 11.1 Å². The molecule has 1 saturated carbocycles. The van der Waals surface area contributed by atoms with Crippen molar-refractivity contribution in [2.75, 3.05) is 6.61 Å². The molecule has 3 aliphatic carbocycles. The Balaban J connectivity index is 1.86. The second-order valence-electron chi connectivity index (χ2n) is 8.49. The van der Waals surface area contributed by atoms with E-state index in [-0.39, 0.29) is 18.6 Å². The Morgan fingerprint density at radius 3 is 2.72 bits per heavy atom. The van der Waals surface area contributed by atoms with Crippen LogP contribution in [-0.4, -0.2) is 44.8 Å². The monoisotopic (exact) mass is 348 g/mol. The molecule has 0 heterocycles. The molecule has 4 N–H and O–H groups in total. The van der Waals surface area contributed by atoms with Crippen LogP contribution in [0.4, 0.5) is 0 Å². The van der Waals surface area contributed by atoms with Crippen molar-refractivity contribution in [3.8, 4) is 0 Å². The fourth-order valence-electron chi connectivity index (χ4n) is 5.26. The van der Waals surface area contributed by atoms with Crippen molar-refractivity contribution in [3.05, 3.63) is 34.9 Å². The molecule has 0 bridgehead atoms. The zero-order valence-corrected chi connectivity index (χ0v) is 15.4. The minimum atomic E-state index is -0.920. The van der Waals surface area contributed by atoms with Crippen molar-refractivity contribution in [1.82, 2.24) is 0 Å². The lowest BCUT2D eigenvalue weighted by Gasteiger charge is -2.47. The molecule has 0 unspecified atom stereocenters. The second-order valence-corrected chi connectivity index (χ2v) is 8.49. The van der Waals surface area contributed by atoms with Gasteiger partial charge in [0.25, 0.3) is 0 Å². The summed E-state index contributed by atoms with van der Waals surface area (Å²) in [6.45, 7) is 4.14. The first kappa shape index (κ1) is 18.8. The molecule has 4 heteroatoms. The fraction of sp³-hybridized carbons (Fsp3) is 0.714. The third-order valence-electron chi connectivity index (χ3n) is 6.96. The molecule has 1 fully saturated rings. The van der Waals surface area contributed by atoms with Gasteiger partial charge in [0.05, 0.1) is 17.8 Å². The normalized spacial score (nSPS) is 42.0. The number of hydrogen-bond acceptors (Lipinski definition) is 4. The van der Waals surface area contributed by atoms with E-state index in [1.807, 2.05) is 6.08 Å². The van der Waals surface area contributed by atoms with Gasteiger partial charge in [-0.25, -0.2) is 0 Å². The Morgan fingerprint density at radius 1 is 1.24 bits per heavy atom. The topological polar surface area (TPSA) is 80.9 Å². The van der Waals surface area contributed by atoms with Crippen LogP contribution in [0.2, 0.25) is 0 Å². The standard InChI is InChI=1S/C21H32O4/c1-14-3-6-17(23)11-15(14)4-5-16-12-18(24)13-20(2)19(16)7-8-21(20,25)9-10-22/h4-5,12,17-19,22-25H,3,6-11,13H2,1-2H3/b5-4+/t17-,18-,19-,20-,21-/m0/s1. The Hall–Kier alpha value is -0.940. The van der Waals surface area contributed by atoms with Crippen LogP contribution in [0.25, 0.3) is 0 Å². The van der Waals surface area contributed by atoms with Crippen LogP contribution >= 0.6 is 0 Å². The summed E-state index contributed by atoms with van der Waals surface area (Å²) < 4.78 is 0. The highest BCUT2D eigenvalue weighted by molar-refractivity contribution is 5.38. The van der Waals surface area contributed by atoms with Crippen molar-refractivity contribution >= 4 is 0 Å². The quantitative estimate of drug-likeness (QED) is 0.630. The lowest BCUT2D eigenvalue weighted by Crippen LogP contribution is -2.49. The molecule has 3 rings (SSSR count). The Labute approximate surface area is 150 Å². The summed E-state index contributed by atoms with van der Waals surface area (Å²) in [4.78, 5) is 0. The van der Waals surface area contributed by atoms with Crippen LogP contribution in [0.5, 0.6) is 0 Å². The van der Waals surface area contributed by atoms with Gasteiger partial charge in [0.15, 0.2) is 0 Å². The molecule has 0 spiro atoms. The first-order valence-corrected chi connectivity index (χ1v) is 9.57. The first-order valence-electron chi connectivity index (χ1n) is 9.57. The molecule has 3 aliphatic rings. The molecule has 0 radical (unpaired) electrons. The summed E-state index contributed by atoms with van der Waals surface area (Å²) in [5, 5.41) is 40.8. The third kappa shape index (κ3) is 3.37. The van der Waals surface area contributed by atoms with Gasteiger partial charge < -0.3 is 20.4 Å². The molecule has 0 saturated heterocycles. The molecule has 4 nitrogen and oxygen atoms in total. The van der Waals surface area contributed by atoms with Crippen molar-refractivity contribution < 1.29 is 20.4 Å². The average Bonchev–Trinajstić information content (AvgIpc) is 2.79. The van der Waals surface area contributed by atoms with E-state index < -0.39 is 17.1 Å². The zero-order chi connectivity index (χ0) is 18.2. The molecule has 0 aliphatic heterocycles. The SMILES string of the molecule is CC1=C(/C=C/C2=C[C@H](O)C[C@@]3(C)[C@H]2CC[C@]3(O)CCO)C[C@@H](O)CC1. The molecular weight excluding hydrogens is 316 g/mol. The van der Waals surface area contributed by atoms with Gasteiger partial charge in [-0.1, -0.05) is 30.7 Å².